The second-order valence-electron chi connectivity index (χ2n) is 4.33. The first-order valence-corrected chi connectivity index (χ1v) is 6.27. The molecule has 0 aliphatic rings. The van der Waals surface area contributed by atoms with E-state index in [0.717, 1.165) is 31.5 Å². The summed E-state index contributed by atoms with van der Waals surface area (Å²) in [4.78, 5) is 0. The molecule has 96 valence electrons. The fourth-order valence-electron chi connectivity index (χ4n) is 1.67. The van der Waals surface area contributed by atoms with Gasteiger partial charge in [0, 0.05) is 6.07 Å². The molecule has 0 spiro atoms. The van der Waals surface area contributed by atoms with Gasteiger partial charge in [-0.05, 0) is 51.4 Å². The van der Waals surface area contributed by atoms with E-state index < -0.39 is 0 Å². The average molecular weight is 239 g/mol. The third-order valence-electron chi connectivity index (χ3n) is 2.69. The van der Waals surface area contributed by atoms with Crippen molar-refractivity contribution in [2.75, 3.05) is 13.1 Å². The Hall–Kier alpha value is -1.09. The van der Waals surface area contributed by atoms with Crippen molar-refractivity contribution in [1.82, 2.24) is 5.32 Å². The molecule has 1 rings (SSSR count). The van der Waals surface area contributed by atoms with Crippen LogP contribution < -0.4 is 10.1 Å². The van der Waals surface area contributed by atoms with Gasteiger partial charge in [0.1, 0.15) is 11.6 Å². The molecule has 1 aromatic rings. The topological polar surface area (TPSA) is 21.3 Å². The highest BCUT2D eigenvalue weighted by molar-refractivity contribution is 5.32. The maximum Gasteiger partial charge on any atom is 0.126 e. The van der Waals surface area contributed by atoms with Crippen LogP contribution in [-0.4, -0.2) is 19.2 Å². The molecule has 17 heavy (non-hydrogen) atoms. The second-order valence-corrected chi connectivity index (χ2v) is 4.33. The van der Waals surface area contributed by atoms with Crippen LogP contribution >= 0.6 is 0 Å². The van der Waals surface area contributed by atoms with Gasteiger partial charge in [0.05, 0.1) is 6.10 Å². The number of nitrogens with one attached hydrogen (secondary N) is 1. The van der Waals surface area contributed by atoms with Gasteiger partial charge < -0.3 is 10.1 Å². The Labute approximate surface area is 103 Å². The first-order valence-electron chi connectivity index (χ1n) is 6.27. The highest BCUT2D eigenvalue weighted by Crippen LogP contribution is 2.20. The Balaban J connectivity index is 2.39. The molecule has 1 unspecified atom stereocenters. The molecule has 0 aliphatic carbocycles. The standard InChI is InChI=1S/C14H22FNO/c1-4-16-9-5-6-12(3)17-14-10-13(15)8-7-11(14)2/h7-8,10,12,16H,4-6,9H2,1-3H3. The quantitative estimate of drug-likeness (QED) is 0.737. The van der Waals surface area contributed by atoms with E-state index in [2.05, 4.69) is 12.2 Å². The number of hydrogen-bond donors (Lipinski definition) is 1. The van der Waals surface area contributed by atoms with Crippen LogP contribution in [0.2, 0.25) is 0 Å². The molecular formula is C14H22FNO. The van der Waals surface area contributed by atoms with Crippen molar-refractivity contribution in [2.45, 2.75) is 39.7 Å². The molecule has 0 radical (unpaired) electrons. The molecular weight excluding hydrogens is 217 g/mol. The minimum absolute atomic E-state index is 0.120. The fourth-order valence-corrected chi connectivity index (χ4v) is 1.67. The van der Waals surface area contributed by atoms with Crippen LogP contribution in [0.25, 0.3) is 0 Å². The number of hydrogen-bond acceptors (Lipinski definition) is 2. The zero-order chi connectivity index (χ0) is 12.7. The van der Waals surface area contributed by atoms with Crippen molar-refractivity contribution in [3.63, 3.8) is 0 Å². The van der Waals surface area contributed by atoms with Crippen molar-refractivity contribution < 1.29 is 9.13 Å². The van der Waals surface area contributed by atoms with E-state index in [-0.39, 0.29) is 11.9 Å². The van der Waals surface area contributed by atoms with Gasteiger partial charge >= 0.3 is 0 Å². The third kappa shape index (κ3) is 5.18. The number of rotatable bonds is 7. The number of ether oxygens (including phenoxy) is 1. The monoisotopic (exact) mass is 239 g/mol. The summed E-state index contributed by atoms with van der Waals surface area (Å²) in [5.41, 5.74) is 0.977. The largest absolute Gasteiger partial charge is 0.490 e. The summed E-state index contributed by atoms with van der Waals surface area (Å²) in [6.45, 7) is 8.05. The fraction of sp³-hybridized carbons (Fsp3) is 0.571. The van der Waals surface area contributed by atoms with Crippen LogP contribution in [-0.2, 0) is 0 Å². The Morgan fingerprint density at radius 2 is 2.18 bits per heavy atom. The first-order chi connectivity index (χ1) is 8.13. The van der Waals surface area contributed by atoms with Crippen molar-refractivity contribution in [3.8, 4) is 5.75 Å². The molecule has 0 aromatic heterocycles. The van der Waals surface area contributed by atoms with Crippen molar-refractivity contribution in [1.29, 1.82) is 0 Å². The van der Waals surface area contributed by atoms with E-state index in [1.54, 1.807) is 6.07 Å². The maximum absolute atomic E-state index is 13.1. The molecule has 0 saturated heterocycles. The van der Waals surface area contributed by atoms with E-state index in [9.17, 15) is 4.39 Å². The van der Waals surface area contributed by atoms with Crippen molar-refractivity contribution >= 4 is 0 Å². The summed E-state index contributed by atoms with van der Waals surface area (Å²) in [6, 6.07) is 4.66. The predicted molar refractivity (Wildman–Crippen MR) is 69.0 cm³/mol. The van der Waals surface area contributed by atoms with Crippen molar-refractivity contribution in [2.24, 2.45) is 0 Å². The molecule has 0 bridgehead atoms. The minimum Gasteiger partial charge on any atom is -0.490 e. The number of halogens is 1. The summed E-state index contributed by atoms with van der Waals surface area (Å²) >= 11 is 0. The third-order valence-corrected chi connectivity index (χ3v) is 2.69. The van der Waals surface area contributed by atoms with Crippen molar-refractivity contribution in [3.05, 3.63) is 29.6 Å². The molecule has 1 aromatic carbocycles. The van der Waals surface area contributed by atoms with E-state index >= 15 is 0 Å². The van der Waals surface area contributed by atoms with E-state index in [1.807, 2.05) is 13.8 Å². The molecule has 1 atom stereocenters. The molecule has 3 heteroatoms. The molecule has 2 nitrogen and oxygen atoms in total. The van der Waals surface area contributed by atoms with Gasteiger partial charge in [-0.25, -0.2) is 4.39 Å². The average Bonchev–Trinajstić information content (AvgIpc) is 2.29. The van der Waals surface area contributed by atoms with Crippen LogP contribution in [0.4, 0.5) is 4.39 Å². The van der Waals surface area contributed by atoms with E-state index in [4.69, 9.17) is 4.74 Å². The van der Waals surface area contributed by atoms with Gasteiger partial charge in [0.25, 0.3) is 0 Å². The van der Waals surface area contributed by atoms with Gasteiger partial charge in [0.15, 0.2) is 0 Å². The highest BCUT2D eigenvalue weighted by atomic mass is 19.1. The Bertz CT molecular complexity index is 341. The molecule has 0 amide bonds. The van der Waals surface area contributed by atoms with E-state index in [0.29, 0.717) is 5.75 Å². The summed E-state index contributed by atoms with van der Waals surface area (Å²) in [5, 5.41) is 3.27. The lowest BCUT2D eigenvalue weighted by Crippen LogP contribution is -2.18. The zero-order valence-corrected chi connectivity index (χ0v) is 10.9. The van der Waals surface area contributed by atoms with Gasteiger partial charge in [-0.15, -0.1) is 0 Å². The Morgan fingerprint density at radius 1 is 1.41 bits per heavy atom. The smallest absolute Gasteiger partial charge is 0.126 e. The molecule has 0 aliphatic heterocycles. The summed E-state index contributed by atoms with van der Waals surface area (Å²) in [6.07, 6.45) is 2.17. The normalized spacial score (nSPS) is 12.5. The minimum atomic E-state index is -0.245. The first kappa shape index (κ1) is 14.0. The number of aryl methyl sites for hydroxylation is 1. The SMILES string of the molecule is CCNCCCC(C)Oc1cc(F)ccc1C. The molecule has 0 saturated carbocycles. The second kappa shape index (κ2) is 7.28. The lowest BCUT2D eigenvalue weighted by atomic mass is 10.2. The summed E-state index contributed by atoms with van der Waals surface area (Å²) in [7, 11) is 0. The molecule has 0 fully saturated rings. The zero-order valence-electron chi connectivity index (χ0n) is 10.9. The van der Waals surface area contributed by atoms with Crippen LogP contribution in [0, 0.1) is 12.7 Å². The van der Waals surface area contributed by atoms with Crippen LogP contribution in [0.5, 0.6) is 5.75 Å². The van der Waals surface area contributed by atoms with Gasteiger partial charge in [0.2, 0.25) is 0 Å². The predicted octanol–water partition coefficient (Wildman–Crippen LogP) is 3.29. The highest BCUT2D eigenvalue weighted by Gasteiger charge is 2.07. The van der Waals surface area contributed by atoms with Gasteiger partial charge in [-0.3, -0.25) is 0 Å². The lowest BCUT2D eigenvalue weighted by molar-refractivity contribution is 0.205. The summed E-state index contributed by atoms with van der Waals surface area (Å²) in [5.74, 6) is 0.409. The molecule has 1 N–H and O–H groups in total. The number of benzene rings is 1. The Kier molecular flexibility index (Phi) is 5.98. The van der Waals surface area contributed by atoms with Crippen LogP contribution in [0.15, 0.2) is 18.2 Å². The van der Waals surface area contributed by atoms with Crippen LogP contribution in [0.3, 0.4) is 0 Å². The molecule has 0 heterocycles. The lowest BCUT2D eigenvalue weighted by Gasteiger charge is -2.16. The summed E-state index contributed by atoms with van der Waals surface area (Å²) < 4.78 is 18.8. The van der Waals surface area contributed by atoms with Gasteiger partial charge in [-0.1, -0.05) is 13.0 Å². The maximum atomic E-state index is 13.1. The van der Waals surface area contributed by atoms with Gasteiger partial charge in [-0.2, -0.15) is 0 Å². The van der Waals surface area contributed by atoms with E-state index in [1.165, 1.54) is 12.1 Å². The Morgan fingerprint density at radius 3 is 2.88 bits per heavy atom. The van der Waals surface area contributed by atoms with Crippen LogP contribution in [0.1, 0.15) is 32.3 Å².